The first kappa shape index (κ1) is 14.5. The monoisotopic (exact) mass is 296 g/mol. The van der Waals surface area contributed by atoms with Gasteiger partial charge in [-0.05, 0) is 42.6 Å². The van der Waals surface area contributed by atoms with E-state index in [1.807, 2.05) is 6.92 Å². The molecule has 0 fully saturated rings. The number of rotatable bonds is 5. The zero-order chi connectivity index (χ0) is 14.5. The van der Waals surface area contributed by atoms with Crippen molar-refractivity contribution in [3.63, 3.8) is 0 Å². The molecule has 1 unspecified atom stereocenters. The van der Waals surface area contributed by atoms with E-state index in [1.54, 1.807) is 12.1 Å². The van der Waals surface area contributed by atoms with Crippen LogP contribution in [0.25, 0.3) is 0 Å². The molecule has 106 valence electrons. The highest BCUT2D eigenvalue weighted by atomic mass is 35.5. The second kappa shape index (κ2) is 6.47. The van der Waals surface area contributed by atoms with Gasteiger partial charge in [-0.3, -0.25) is 0 Å². The van der Waals surface area contributed by atoms with Crippen molar-refractivity contribution in [1.29, 1.82) is 0 Å². The van der Waals surface area contributed by atoms with Gasteiger partial charge in [-0.2, -0.15) is 15.0 Å². The van der Waals surface area contributed by atoms with Crippen LogP contribution in [-0.2, 0) is 6.42 Å². The number of benzene rings is 1. The summed E-state index contributed by atoms with van der Waals surface area (Å²) in [5.74, 6) is 0.0970. The van der Waals surface area contributed by atoms with Crippen molar-refractivity contribution in [1.82, 2.24) is 15.0 Å². The van der Waals surface area contributed by atoms with Gasteiger partial charge in [0.05, 0.1) is 7.11 Å². The third-order valence-electron chi connectivity index (χ3n) is 2.60. The molecule has 20 heavy (non-hydrogen) atoms. The minimum Gasteiger partial charge on any atom is -0.467 e. The Balaban J connectivity index is 2.02. The van der Waals surface area contributed by atoms with Crippen molar-refractivity contribution in [2.45, 2.75) is 19.4 Å². The largest absolute Gasteiger partial charge is 0.467 e. The highest BCUT2D eigenvalue weighted by Crippen LogP contribution is 2.13. The predicted octanol–water partition coefficient (Wildman–Crippen LogP) is 2.72. The van der Waals surface area contributed by atoms with E-state index in [2.05, 4.69) is 20.3 Å². The fourth-order valence-electron chi connectivity index (χ4n) is 1.73. The Morgan fingerprint density at radius 1 is 1.25 bits per heavy atom. The van der Waals surface area contributed by atoms with E-state index in [0.29, 0.717) is 12.4 Å². The molecule has 0 bridgehead atoms. The lowest BCUT2D eigenvalue weighted by atomic mass is 10.1. The molecule has 5 nitrogen and oxygen atoms in total. The number of ether oxygens (including phenoxy) is 1. The van der Waals surface area contributed by atoms with Gasteiger partial charge in [-0.1, -0.05) is 12.1 Å². The summed E-state index contributed by atoms with van der Waals surface area (Å²) in [7, 11) is 1.46. The number of aromatic nitrogens is 3. The Bertz CT molecular complexity index is 579. The summed E-state index contributed by atoms with van der Waals surface area (Å²) < 4.78 is 17.7. The Hall–Kier alpha value is -1.95. The van der Waals surface area contributed by atoms with Gasteiger partial charge in [0.25, 0.3) is 0 Å². The molecule has 1 aromatic heterocycles. The van der Waals surface area contributed by atoms with Gasteiger partial charge in [-0.15, -0.1) is 0 Å². The van der Waals surface area contributed by atoms with Crippen molar-refractivity contribution < 1.29 is 9.13 Å². The highest BCUT2D eigenvalue weighted by molar-refractivity contribution is 6.28. The van der Waals surface area contributed by atoms with E-state index in [4.69, 9.17) is 16.3 Å². The van der Waals surface area contributed by atoms with Crippen molar-refractivity contribution in [3.05, 3.63) is 40.9 Å². The number of halogens is 2. The van der Waals surface area contributed by atoms with Gasteiger partial charge in [0.15, 0.2) is 0 Å². The van der Waals surface area contributed by atoms with Crippen LogP contribution >= 0.6 is 11.6 Å². The van der Waals surface area contributed by atoms with E-state index < -0.39 is 0 Å². The van der Waals surface area contributed by atoms with Gasteiger partial charge in [0.1, 0.15) is 5.82 Å². The molecule has 0 saturated carbocycles. The number of nitrogens with one attached hydrogen (secondary N) is 1. The summed E-state index contributed by atoms with van der Waals surface area (Å²) in [6.45, 7) is 1.97. The molecule has 0 aliphatic heterocycles. The second-order valence-corrected chi connectivity index (χ2v) is 4.63. The highest BCUT2D eigenvalue weighted by Gasteiger charge is 2.09. The summed E-state index contributed by atoms with van der Waals surface area (Å²) in [5.41, 5.74) is 1.01. The molecule has 1 aromatic carbocycles. The van der Waals surface area contributed by atoms with Crippen LogP contribution in [0.2, 0.25) is 5.28 Å². The number of nitrogens with zero attached hydrogens (tertiary/aromatic N) is 3. The van der Waals surface area contributed by atoms with E-state index >= 15 is 0 Å². The van der Waals surface area contributed by atoms with Crippen LogP contribution < -0.4 is 10.1 Å². The first-order valence-corrected chi connectivity index (χ1v) is 6.41. The van der Waals surface area contributed by atoms with Crippen LogP contribution in [0.1, 0.15) is 12.5 Å². The molecule has 0 amide bonds. The number of hydrogen-bond acceptors (Lipinski definition) is 5. The summed E-state index contributed by atoms with van der Waals surface area (Å²) in [4.78, 5) is 11.8. The maximum atomic E-state index is 12.8. The Kier molecular flexibility index (Phi) is 4.68. The van der Waals surface area contributed by atoms with Crippen LogP contribution in [0.4, 0.5) is 10.3 Å². The molecule has 2 rings (SSSR count). The van der Waals surface area contributed by atoms with E-state index in [9.17, 15) is 4.39 Å². The van der Waals surface area contributed by atoms with Crippen LogP contribution in [0.15, 0.2) is 24.3 Å². The molecule has 1 atom stereocenters. The van der Waals surface area contributed by atoms with E-state index in [-0.39, 0.29) is 23.2 Å². The van der Waals surface area contributed by atoms with Crippen LogP contribution in [0, 0.1) is 5.82 Å². The van der Waals surface area contributed by atoms with Gasteiger partial charge >= 0.3 is 6.01 Å². The average molecular weight is 297 g/mol. The Labute approximate surface area is 121 Å². The SMILES string of the molecule is COc1nc(Cl)nc(NC(C)Cc2ccc(F)cc2)n1. The van der Waals surface area contributed by atoms with Gasteiger partial charge in [-0.25, -0.2) is 4.39 Å². The fraction of sp³-hybridized carbons (Fsp3) is 0.308. The maximum Gasteiger partial charge on any atom is 0.322 e. The summed E-state index contributed by atoms with van der Waals surface area (Å²) >= 11 is 5.77. The Morgan fingerprint density at radius 2 is 1.95 bits per heavy atom. The lowest BCUT2D eigenvalue weighted by molar-refractivity contribution is 0.378. The summed E-state index contributed by atoms with van der Waals surface area (Å²) in [5, 5.41) is 3.16. The number of methoxy groups -OCH3 is 1. The smallest absolute Gasteiger partial charge is 0.322 e. The molecule has 2 aromatic rings. The van der Waals surface area contributed by atoms with E-state index in [1.165, 1.54) is 19.2 Å². The summed E-state index contributed by atoms with van der Waals surface area (Å²) in [6.07, 6.45) is 0.700. The molecule has 1 heterocycles. The number of anilines is 1. The second-order valence-electron chi connectivity index (χ2n) is 4.29. The molecule has 0 aliphatic rings. The lowest BCUT2D eigenvalue weighted by Gasteiger charge is -2.14. The molecule has 0 spiro atoms. The van der Waals surface area contributed by atoms with Crippen LogP contribution in [0.5, 0.6) is 6.01 Å². The molecule has 0 saturated heterocycles. The topological polar surface area (TPSA) is 59.9 Å². The fourth-order valence-corrected chi connectivity index (χ4v) is 1.89. The average Bonchev–Trinajstić information content (AvgIpc) is 2.40. The standard InChI is InChI=1S/C13H14ClFN4O/c1-8(7-9-3-5-10(15)6-4-9)16-12-17-11(14)18-13(19-12)20-2/h3-6,8H,7H2,1-2H3,(H,16,17,18,19). The third-order valence-corrected chi connectivity index (χ3v) is 2.77. The summed E-state index contributed by atoms with van der Waals surface area (Å²) in [6, 6.07) is 6.56. The number of hydrogen-bond donors (Lipinski definition) is 1. The minimum atomic E-state index is -0.247. The predicted molar refractivity (Wildman–Crippen MR) is 74.6 cm³/mol. The zero-order valence-corrected chi connectivity index (χ0v) is 11.9. The third kappa shape index (κ3) is 4.03. The Morgan fingerprint density at radius 3 is 2.60 bits per heavy atom. The molecule has 0 radical (unpaired) electrons. The maximum absolute atomic E-state index is 12.8. The van der Waals surface area contributed by atoms with Gasteiger partial charge < -0.3 is 10.1 Å². The quantitative estimate of drug-likeness (QED) is 0.919. The lowest BCUT2D eigenvalue weighted by Crippen LogP contribution is -2.20. The van der Waals surface area contributed by atoms with Crippen LogP contribution in [-0.4, -0.2) is 28.1 Å². The zero-order valence-electron chi connectivity index (χ0n) is 11.1. The van der Waals surface area contributed by atoms with Crippen molar-refractivity contribution >= 4 is 17.5 Å². The molecule has 1 N–H and O–H groups in total. The molecular formula is C13H14ClFN4O. The van der Waals surface area contributed by atoms with Crippen molar-refractivity contribution in [2.24, 2.45) is 0 Å². The first-order chi connectivity index (χ1) is 9.56. The van der Waals surface area contributed by atoms with Crippen LogP contribution in [0.3, 0.4) is 0 Å². The van der Waals surface area contributed by atoms with Gasteiger partial charge in [0.2, 0.25) is 11.2 Å². The minimum absolute atomic E-state index is 0.0450. The van der Waals surface area contributed by atoms with Gasteiger partial charge in [0, 0.05) is 6.04 Å². The van der Waals surface area contributed by atoms with Crippen molar-refractivity contribution in [2.75, 3.05) is 12.4 Å². The van der Waals surface area contributed by atoms with Crippen molar-refractivity contribution in [3.8, 4) is 6.01 Å². The molecular weight excluding hydrogens is 283 g/mol. The first-order valence-electron chi connectivity index (χ1n) is 6.03. The molecule has 0 aliphatic carbocycles. The molecule has 7 heteroatoms. The normalized spacial score (nSPS) is 12.0. The van der Waals surface area contributed by atoms with E-state index in [0.717, 1.165) is 5.56 Å².